The summed E-state index contributed by atoms with van der Waals surface area (Å²) >= 11 is 0. The average molecular weight is 343 g/mol. The van der Waals surface area contributed by atoms with Crippen molar-refractivity contribution in [2.24, 2.45) is 5.41 Å². The zero-order chi connectivity index (χ0) is 17.3. The highest BCUT2D eigenvalue weighted by atomic mass is 16.5. The van der Waals surface area contributed by atoms with Gasteiger partial charge in [-0.1, -0.05) is 18.2 Å². The molecule has 1 aromatic heterocycles. The Bertz CT molecular complexity index is 695. The van der Waals surface area contributed by atoms with Gasteiger partial charge in [-0.2, -0.15) is 4.68 Å². The number of hydrogen-bond acceptors (Lipinski definition) is 6. The lowest BCUT2D eigenvalue weighted by molar-refractivity contribution is -0.210. The van der Waals surface area contributed by atoms with Crippen molar-refractivity contribution in [2.75, 3.05) is 19.7 Å². The minimum atomic E-state index is -0.221. The summed E-state index contributed by atoms with van der Waals surface area (Å²) in [7, 11) is 0. The molecular formula is C18H25N5O2. The third-order valence-corrected chi connectivity index (χ3v) is 5.80. The van der Waals surface area contributed by atoms with Crippen LogP contribution in [-0.2, 0) is 11.3 Å². The normalized spacial score (nSPS) is 25.8. The average Bonchev–Trinajstić information content (AvgIpc) is 3.11. The minimum absolute atomic E-state index is 0.0438. The van der Waals surface area contributed by atoms with E-state index in [1.807, 2.05) is 37.3 Å². The highest BCUT2D eigenvalue weighted by Crippen LogP contribution is 2.51. The van der Waals surface area contributed by atoms with Crippen molar-refractivity contribution < 1.29 is 9.84 Å². The van der Waals surface area contributed by atoms with E-state index in [-0.39, 0.29) is 17.6 Å². The quantitative estimate of drug-likeness (QED) is 0.885. The molecule has 7 nitrogen and oxygen atoms in total. The number of benzene rings is 1. The Morgan fingerprint density at radius 2 is 2.00 bits per heavy atom. The maximum Gasteiger partial charge on any atom is 0.170 e. The molecule has 4 rings (SSSR count). The molecular weight excluding hydrogens is 318 g/mol. The van der Waals surface area contributed by atoms with Crippen LogP contribution in [0.4, 0.5) is 0 Å². The molecule has 0 bridgehead atoms. The van der Waals surface area contributed by atoms with E-state index in [0.717, 1.165) is 43.9 Å². The van der Waals surface area contributed by atoms with Crippen molar-refractivity contribution in [3.05, 3.63) is 36.2 Å². The van der Waals surface area contributed by atoms with Crippen molar-refractivity contribution in [1.82, 2.24) is 25.1 Å². The lowest BCUT2D eigenvalue weighted by Gasteiger charge is -2.56. The molecule has 2 heterocycles. The summed E-state index contributed by atoms with van der Waals surface area (Å²) in [4.78, 5) is 2.37. The number of tetrazole rings is 1. The fraction of sp³-hybridized carbons (Fsp3) is 0.611. The van der Waals surface area contributed by atoms with Crippen LogP contribution in [0.3, 0.4) is 0 Å². The summed E-state index contributed by atoms with van der Waals surface area (Å²) in [6.07, 6.45) is 2.70. The van der Waals surface area contributed by atoms with Gasteiger partial charge in [0.1, 0.15) is 0 Å². The number of likely N-dealkylation sites (tertiary alicyclic amines) is 1. The van der Waals surface area contributed by atoms with Gasteiger partial charge in [0.15, 0.2) is 5.82 Å². The zero-order valence-corrected chi connectivity index (χ0v) is 14.6. The molecule has 2 fully saturated rings. The van der Waals surface area contributed by atoms with Crippen LogP contribution < -0.4 is 0 Å². The predicted octanol–water partition coefficient (Wildman–Crippen LogP) is 1.41. The van der Waals surface area contributed by atoms with E-state index >= 15 is 0 Å². The van der Waals surface area contributed by atoms with Gasteiger partial charge >= 0.3 is 0 Å². The van der Waals surface area contributed by atoms with Gasteiger partial charge in [0.25, 0.3) is 0 Å². The van der Waals surface area contributed by atoms with Gasteiger partial charge in [0.05, 0.1) is 24.4 Å². The Hall–Kier alpha value is -1.83. The molecule has 7 heteroatoms. The molecule has 0 amide bonds. The summed E-state index contributed by atoms with van der Waals surface area (Å²) in [5, 5.41) is 22.5. The van der Waals surface area contributed by atoms with Crippen LogP contribution >= 0.6 is 0 Å². The second-order valence-electron chi connectivity index (χ2n) is 7.05. The zero-order valence-electron chi connectivity index (χ0n) is 14.6. The Labute approximate surface area is 147 Å². The maximum absolute atomic E-state index is 10.3. The van der Waals surface area contributed by atoms with Crippen LogP contribution in [-0.4, -0.2) is 62.1 Å². The number of para-hydroxylation sites is 1. The van der Waals surface area contributed by atoms with Crippen molar-refractivity contribution in [3.63, 3.8) is 0 Å². The number of rotatable bonds is 5. The summed E-state index contributed by atoms with van der Waals surface area (Å²) in [6.45, 7) is 5.32. The van der Waals surface area contributed by atoms with Gasteiger partial charge in [0.2, 0.25) is 0 Å². The van der Waals surface area contributed by atoms with Crippen LogP contribution in [0.5, 0.6) is 0 Å². The van der Waals surface area contributed by atoms with E-state index in [2.05, 4.69) is 20.4 Å². The first-order chi connectivity index (χ1) is 12.2. The molecule has 2 unspecified atom stereocenters. The first-order valence-corrected chi connectivity index (χ1v) is 9.07. The molecule has 1 aromatic carbocycles. The molecule has 0 radical (unpaired) electrons. The largest absolute Gasteiger partial charge is 0.392 e. The van der Waals surface area contributed by atoms with Gasteiger partial charge in [-0.3, -0.25) is 4.90 Å². The Morgan fingerprint density at radius 3 is 2.68 bits per heavy atom. The standard InChI is InChI=1S/C18H25N5O2/c1-2-25-16-12-15(24)18(16)8-10-22(11-9-18)13-17-19-20-21-23(17)14-6-4-3-5-7-14/h3-7,15-16,24H,2,8-13H2,1H3. The number of aromatic nitrogens is 4. The molecule has 134 valence electrons. The van der Waals surface area contributed by atoms with Gasteiger partial charge in [0, 0.05) is 18.4 Å². The van der Waals surface area contributed by atoms with Gasteiger partial charge < -0.3 is 9.84 Å². The van der Waals surface area contributed by atoms with E-state index < -0.39 is 0 Å². The van der Waals surface area contributed by atoms with Crippen molar-refractivity contribution in [3.8, 4) is 5.69 Å². The molecule has 2 aromatic rings. The van der Waals surface area contributed by atoms with Crippen LogP contribution in [0.2, 0.25) is 0 Å². The highest BCUT2D eigenvalue weighted by Gasteiger charge is 2.55. The van der Waals surface area contributed by atoms with Crippen LogP contribution in [0.1, 0.15) is 32.0 Å². The van der Waals surface area contributed by atoms with Crippen LogP contribution in [0.25, 0.3) is 5.69 Å². The second kappa shape index (κ2) is 6.82. The van der Waals surface area contributed by atoms with Crippen molar-refractivity contribution >= 4 is 0 Å². The number of piperidine rings is 1. The first kappa shape index (κ1) is 16.6. The first-order valence-electron chi connectivity index (χ1n) is 9.07. The second-order valence-corrected chi connectivity index (χ2v) is 7.05. The lowest BCUT2D eigenvalue weighted by atomic mass is 9.58. The van der Waals surface area contributed by atoms with E-state index in [1.165, 1.54) is 0 Å². The van der Waals surface area contributed by atoms with E-state index in [9.17, 15) is 5.11 Å². The molecule has 1 N–H and O–H groups in total. The molecule has 1 aliphatic carbocycles. The molecule has 1 aliphatic heterocycles. The summed E-state index contributed by atoms with van der Waals surface area (Å²) in [5.41, 5.74) is 0.930. The SMILES string of the molecule is CCOC1CC(O)C12CCN(Cc1nnnn1-c1ccccc1)CC2. The summed E-state index contributed by atoms with van der Waals surface area (Å²) in [5.74, 6) is 0.845. The number of hydrogen-bond donors (Lipinski definition) is 1. The van der Waals surface area contributed by atoms with Crippen LogP contribution in [0, 0.1) is 5.41 Å². The summed E-state index contributed by atoms with van der Waals surface area (Å²) < 4.78 is 7.64. The number of ether oxygens (including phenoxy) is 1. The van der Waals surface area contributed by atoms with E-state index in [0.29, 0.717) is 13.2 Å². The predicted molar refractivity (Wildman–Crippen MR) is 92.1 cm³/mol. The number of aliphatic hydroxyl groups excluding tert-OH is 1. The Morgan fingerprint density at radius 1 is 1.24 bits per heavy atom. The third-order valence-electron chi connectivity index (χ3n) is 5.80. The van der Waals surface area contributed by atoms with E-state index in [1.54, 1.807) is 4.68 Å². The molecule has 1 spiro atoms. The van der Waals surface area contributed by atoms with Gasteiger partial charge in [-0.05, 0) is 55.4 Å². The summed E-state index contributed by atoms with van der Waals surface area (Å²) in [6, 6.07) is 9.95. The minimum Gasteiger partial charge on any atom is -0.392 e. The number of nitrogens with zero attached hydrogens (tertiary/aromatic N) is 5. The third kappa shape index (κ3) is 2.96. The van der Waals surface area contributed by atoms with E-state index in [4.69, 9.17) is 4.74 Å². The van der Waals surface area contributed by atoms with Crippen molar-refractivity contribution in [2.45, 2.75) is 44.9 Å². The molecule has 2 aliphatic rings. The fourth-order valence-corrected chi connectivity index (χ4v) is 4.22. The monoisotopic (exact) mass is 343 g/mol. The molecule has 1 saturated carbocycles. The smallest absolute Gasteiger partial charge is 0.170 e. The maximum atomic E-state index is 10.3. The molecule has 1 saturated heterocycles. The molecule has 2 atom stereocenters. The molecule has 25 heavy (non-hydrogen) atoms. The Balaban J connectivity index is 1.41. The van der Waals surface area contributed by atoms with Crippen molar-refractivity contribution in [1.29, 1.82) is 0 Å². The van der Waals surface area contributed by atoms with Gasteiger partial charge in [-0.25, -0.2) is 0 Å². The van der Waals surface area contributed by atoms with Crippen LogP contribution in [0.15, 0.2) is 30.3 Å². The number of aliphatic hydroxyl groups is 1. The lowest BCUT2D eigenvalue weighted by Crippen LogP contribution is -2.62. The topological polar surface area (TPSA) is 76.3 Å². The Kier molecular flexibility index (Phi) is 4.54. The fourth-order valence-electron chi connectivity index (χ4n) is 4.22. The van der Waals surface area contributed by atoms with Gasteiger partial charge in [-0.15, -0.1) is 5.10 Å². The highest BCUT2D eigenvalue weighted by molar-refractivity contribution is 5.30.